The minimum Gasteiger partial charge on any atom is -0.450 e. The monoisotopic (exact) mass is 319 g/mol. The summed E-state index contributed by atoms with van der Waals surface area (Å²) in [6, 6.07) is 7.92. The number of piperazine rings is 1. The Bertz CT molecular complexity index is 554. The molecule has 0 aliphatic carbocycles. The van der Waals surface area contributed by atoms with Gasteiger partial charge in [-0.15, -0.1) is 0 Å². The molecule has 0 radical (unpaired) electrons. The second-order valence-electron chi connectivity index (χ2n) is 5.54. The Morgan fingerprint density at radius 1 is 1.13 bits per heavy atom. The van der Waals surface area contributed by atoms with E-state index in [9.17, 15) is 9.59 Å². The fourth-order valence-corrected chi connectivity index (χ4v) is 2.69. The van der Waals surface area contributed by atoms with Crippen molar-refractivity contribution < 1.29 is 14.3 Å². The van der Waals surface area contributed by atoms with Gasteiger partial charge in [-0.1, -0.05) is 12.1 Å². The van der Waals surface area contributed by atoms with Gasteiger partial charge >= 0.3 is 12.1 Å². The van der Waals surface area contributed by atoms with E-state index in [1.165, 1.54) is 0 Å². The molecule has 0 atom stereocenters. The van der Waals surface area contributed by atoms with Gasteiger partial charge < -0.3 is 14.5 Å². The van der Waals surface area contributed by atoms with Crippen molar-refractivity contribution in [1.82, 2.24) is 9.80 Å². The lowest BCUT2D eigenvalue weighted by atomic mass is 10.2. The van der Waals surface area contributed by atoms with Crippen LogP contribution >= 0.6 is 0 Å². The summed E-state index contributed by atoms with van der Waals surface area (Å²) >= 11 is 0. The molecule has 1 aliphatic rings. The van der Waals surface area contributed by atoms with Gasteiger partial charge in [0.25, 0.3) is 0 Å². The van der Waals surface area contributed by atoms with Gasteiger partial charge in [-0.25, -0.2) is 9.59 Å². The van der Waals surface area contributed by atoms with Gasteiger partial charge in [0.2, 0.25) is 0 Å². The molecule has 1 saturated heterocycles. The van der Waals surface area contributed by atoms with Gasteiger partial charge in [0.05, 0.1) is 6.61 Å². The number of anilines is 1. The smallest absolute Gasteiger partial charge is 0.409 e. The van der Waals surface area contributed by atoms with Crippen LogP contribution in [0.25, 0.3) is 0 Å². The summed E-state index contributed by atoms with van der Waals surface area (Å²) in [5, 5.41) is 0. The number of urea groups is 1. The van der Waals surface area contributed by atoms with Crippen LogP contribution in [0.4, 0.5) is 15.3 Å². The van der Waals surface area contributed by atoms with Crippen molar-refractivity contribution in [2.75, 3.05) is 44.2 Å². The van der Waals surface area contributed by atoms with E-state index in [0.29, 0.717) is 39.3 Å². The molecule has 2 rings (SSSR count). The number of carbonyl (C=O) groups excluding carboxylic acids is 2. The highest BCUT2D eigenvalue weighted by Crippen LogP contribution is 2.18. The number of ether oxygens (including phenoxy) is 1. The van der Waals surface area contributed by atoms with E-state index >= 15 is 0 Å². The third-order valence-corrected chi connectivity index (χ3v) is 3.94. The zero-order valence-corrected chi connectivity index (χ0v) is 14.1. The Balaban J connectivity index is 1.99. The third-order valence-electron chi connectivity index (χ3n) is 3.94. The minimum absolute atomic E-state index is 0.0124. The van der Waals surface area contributed by atoms with Crippen molar-refractivity contribution >= 4 is 17.8 Å². The number of aryl methyl sites for hydroxylation is 1. The fraction of sp³-hybridized carbons (Fsp3) is 0.529. The first kappa shape index (κ1) is 17.1. The molecule has 0 aromatic heterocycles. The molecule has 23 heavy (non-hydrogen) atoms. The molecule has 0 N–H and O–H groups in total. The maximum atomic E-state index is 12.8. The summed E-state index contributed by atoms with van der Waals surface area (Å²) < 4.78 is 5.00. The van der Waals surface area contributed by atoms with Crippen LogP contribution in [0, 0.1) is 6.92 Å². The molecule has 6 heteroatoms. The molecule has 1 heterocycles. The summed E-state index contributed by atoms with van der Waals surface area (Å²) in [4.78, 5) is 29.7. The van der Waals surface area contributed by atoms with Crippen molar-refractivity contribution in [1.29, 1.82) is 0 Å². The average Bonchev–Trinajstić information content (AvgIpc) is 2.56. The van der Waals surface area contributed by atoms with Gasteiger partial charge in [0.1, 0.15) is 0 Å². The first-order valence-corrected chi connectivity index (χ1v) is 8.11. The zero-order valence-electron chi connectivity index (χ0n) is 14.1. The Morgan fingerprint density at radius 3 is 2.35 bits per heavy atom. The summed E-state index contributed by atoms with van der Waals surface area (Å²) in [5.41, 5.74) is 2.03. The molecule has 1 fully saturated rings. The lowest BCUT2D eigenvalue weighted by molar-refractivity contribution is 0.0861. The van der Waals surface area contributed by atoms with Gasteiger partial charge in [-0.2, -0.15) is 0 Å². The standard InChI is InChI=1S/C17H25N3O3/c1-4-20(15-8-6-7-14(3)13-15)16(21)18-9-11-19(12-10-18)17(22)23-5-2/h6-8,13H,4-5,9-12H2,1-3H3. The highest BCUT2D eigenvalue weighted by Gasteiger charge is 2.27. The van der Waals surface area contributed by atoms with Crippen molar-refractivity contribution in [2.24, 2.45) is 0 Å². The number of rotatable bonds is 3. The summed E-state index contributed by atoms with van der Waals surface area (Å²) in [6.45, 7) is 8.83. The van der Waals surface area contributed by atoms with Crippen LogP contribution in [0.2, 0.25) is 0 Å². The largest absolute Gasteiger partial charge is 0.450 e. The third kappa shape index (κ3) is 4.15. The Kier molecular flexibility index (Phi) is 5.84. The van der Waals surface area contributed by atoms with Gasteiger partial charge in [-0.3, -0.25) is 4.90 Å². The van der Waals surface area contributed by atoms with E-state index in [2.05, 4.69) is 0 Å². The lowest BCUT2D eigenvalue weighted by Gasteiger charge is -2.36. The van der Waals surface area contributed by atoms with Crippen molar-refractivity contribution in [3.05, 3.63) is 29.8 Å². The summed E-state index contributed by atoms with van der Waals surface area (Å²) in [5.74, 6) is 0. The second-order valence-corrected chi connectivity index (χ2v) is 5.54. The molecule has 1 aromatic carbocycles. The number of amides is 3. The minimum atomic E-state index is -0.300. The number of nitrogens with zero attached hydrogens (tertiary/aromatic N) is 3. The molecular formula is C17H25N3O3. The average molecular weight is 319 g/mol. The maximum absolute atomic E-state index is 12.8. The molecule has 6 nitrogen and oxygen atoms in total. The van der Waals surface area contributed by atoms with Crippen LogP contribution in [0.1, 0.15) is 19.4 Å². The molecule has 0 spiro atoms. The van der Waals surface area contributed by atoms with Crippen LogP contribution in [-0.4, -0.2) is 61.3 Å². The molecule has 1 aromatic rings. The van der Waals surface area contributed by atoms with Crippen LogP contribution < -0.4 is 4.90 Å². The van der Waals surface area contributed by atoms with E-state index < -0.39 is 0 Å². The van der Waals surface area contributed by atoms with Gasteiger partial charge in [0, 0.05) is 38.4 Å². The Labute approximate surface area is 137 Å². The zero-order chi connectivity index (χ0) is 16.8. The predicted molar refractivity (Wildman–Crippen MR) is 89.8 cm³/mol. The van der Waals surface area contributed by atoms with Crippen LogP contribution in [0.15, 0.2) is 24.3 Å². The number of benzene rings is 1. The highest BCUT2D eigenvalue weighted by atomic mass is 16.6. The normalized spacial score (nSPS) is 14.6. The predicted octanol–water partition coefficient (Wildman–Crippen LogP) is 2.72. The molecular weight excluding hydrogens is 294 g/mol. The molecule has 126 valence electrons. The van der Waals surface area contributed by atoms with Gasteiger partial charge in [-0.05, 0) is 38.5 Å². The SMILES string of the molecule is CCOC(=O)N1CCN(C(=O)N(CC)c2cccc(C)c2)CC1. The first-order valence-electron chi connectivity index (χ1n) is 8.11. The Morgan fingerprint density at radius 2 is 1.78 bits per heavy atom. The second kappa shape index (κ2) is 7.85. The molecule has 3 amide bonds. The summed E-state index contributed by atoms with van der Waals surface area (Å²) in [7, 11) is 0. The highest BCUT2D eigenvalue weighted by molar-refractivity contribution is 5.92. The molecule has 0 bridgehead atoms. The number of hydrogen-bond acceptors (Lipinski definition) is 3. The van der Waals surface area contributed by atoms with Crippen LogP contribution in [0.5, 0.6) is 0 Å². The van der Waals surface area contributed by atoms with Crippen LogP contribution in [-0.2, 0) is 4.74 Å². The fourth-order valence-electron chi connectivity index (χ4n) is 2.69. The van der Waals surface area contributed by atoms with E-state index in [4.69, 9.17) is 4.74 Å². The van der Waals surface area contributed by atoms with Crippen molar-refractivity contribution in [2.45, 2.75) is 20.8 Å². The first-order chi connectivity index (χ1) is 11.1. The lowest BCUT2D eigenvalue weighted by Crippen LogP contribution is -2.54. The molecule has 0 saturated carbocycles. The molecule has 1 aliphatic heterocycles. The maximum Gasteiger partial charge on any atom is 0.409 e. The Hall–Kier alpha value is -2.24. The van der Waals surface area contributed by atoms with Crippen LogP contribution in [0.3, 0.4) is 0 Å². The number of carbonyl (C=O) groups is 2. The van der Waals surface area contributed by atoms with Crippen molar-refractivity contribution in [3.8, 4) is 0 Å². The van der Waals surface area contributed by atoms with E-state index in [1.807, 2.05) is 38.1 Å². The number of hydrogen-bond donors (Lipinski definition) is 0. The summed E-state index contributed by atoms with van der Waals surface area (Å²) in [6.07, 6.45) is -0.300. The topological polar surface area (TPSA) is 53.1 Å². The van der Waals surface area contributed by atoms with Crippen molar-refractivity contribution in [3.63, 3.8) is 0 Å². The van der Waals surface area contributed by atoms with E-state index in [1.54, 1.807) is 21.6 Å². The van der Waals surface area contributed by atoms with Gasteiger partial charge in [0.15, 0.2) is 0 Å². The van der Waals surface area contributed by atoms with E-state index in [0.717, 1.165) is 11.3 Å². The quantitative estimate of drug-likeness (QED) is 0.861. The molecule has 0 unspecified atom stereocenters. The van der Waals surface area contributed by atoms with E-state index in [-0.39, 0.29) is 12.1 Å².